The second-order valence-electron chi connectivity index (χ2n) is 5.27. The Hall–Kier alpha value is -1.68. The molecule has 0 aliphatic rings. The van der Waals surface area contributed by atoms with Crippen molar-refractivity contribution >= 4 is 17.2 Å². The second kappa shape index (κ2) is 6.18. The lowest BCUT2D eigenvalue weighted by atomic mass is 10.0. The van der Waals surface area contributed by atoms with E-state index in [9.17, 15) is 4.79 Å². The first-order valence-electron chi connectivity index (χ1n) is 6.80. The minimum absolute atomic E-state index is 0.0107. The Morgan fingerprint density at radius 3 is 2.35 bits per heavy atom. The Morgan fingerprint density at radius 2 is 1.85 bits per heavy atom. The number of amides is 1. The van der Waals surface area contributed by atoms with Crippen LogP contribution in [0.4, 0.5) is 0 Å². The summed E-state index contributed by atoms with van der Waals surface area (Å²) in [6.45, 7) is 7.83. The Labute approximate surface area is 124 Å². The fourth-order valence-electron chi connectivity index (χ4n) is 1.97. The van der Waals surface area contributed by atoms with Crippen molar-refractivity contribution in [2.75, 3.05) is 0 Å². The normalized spacial score (nSPS) is 12.4. The van der Waals surface area contributed by atoms with Crippen LogP contribution in [0.2, 0.25) is 0 Å². The maximum absolute atomic E-state index is 11.7. The Bertz CT molecular complexity index is 587. The number of aryl methyl sites for hydroxylation is 1. The van der Waals surface area contributed by atoms with Crippen molar-refractivity contribution in [3.63, 3.8) is 0 Å². The van der Waals surface area contributed by atoms with Gasteiger partial charge in [-0.2, -0.15) is 0 Å². The third kappa shape index (κ3) is 3.25. The lowest BCUT2D eigenvalue weighted by molar-refractivity contribution is -0.124. The van der Waals surface area contributed by atoms with Crippen LogP contribution in [0.5, 0.6) is 0 Å². The van der Waals surface area contributed by atoms with Crippen molar-refractivity contribution in [1.82, 2.24) is 10.3 Å². The molecule has 0 radical (unpaired) electrons. The molecule has 0 aliphatic carbocycles. The summed E-state index contributed by atoms with van der Waals surface area (Å²) in [5, 5.41) is 3.01. The molecule has 4 heteroatoms. The third-order valence-corrected chi connectivity index (χ3v) is 4.28. The van der Waals surface area contributed by atoms with E-state index in [0.717, 1.165) is 11.3 Å². The van der Waals surface area contributed by atoms with Crippen molar-refractivity contribution in [2.24, 2.45) is 5.92 Å². The highest BCUT2D eigenvalue weighted by molar-refractivity contribution is 7.13. The number of nitrogens with one attached hydrogen (secondary N) is 1. The van der Waals surface area contributed by atoms with Crippen molar-refractivity contribution < 1.29 is 4.79 Å². The number of thiazole rings is 1. The average molecular weight is 288 g/mol. The molecule has 1 N–H and O–H groups in total. The summed E-state index contributed by atoms with van der Waals surface area (Å²) in [4.78, 5) is 17.2. The van der Waals surface area contributed by atoms with E-state index in [1.54, 1.807) is 11.3 Å². The molecule has 0 fully saturated rings. The number of carbonyl (C=O) groups excluding carboxylic acids is 1. The summed E-state index contributed by atoms with van der Waals surface area (Å²) in [7, 11) is 0. The van der Waals surface area contributed by atoms with Gasteiger partial charge in [-0.05, 0) is 25.0 Å². The fraction of sp³-hybridized carbons (Fsp3) is 0.375. The van der Waals surface area contributed by atoms with Gasteiger partial charge in [0.25, 0.3) is 0 Å². The highest BCUT2D eigenvalue weighted by atomic mass is 32.1. The molecular weight excluding hydrogens is 268 g/mol. The first-order valence-corrected chi connectivity index (χ1v) is 7.67. The molecule has 0 spiro atoms. The second-order valence-corrected chi connectivity index (χ2v) is 6.13. The first kappa shape index (κ1) is 14.7. The molecule has 3 nitrogen and oxygen atoms in total. The zero-order chi connectivity index (χ0) is 14.7. The Kier molecular flexibility index (Phi) is 4.55. The molecule has 1 heterocycles. The number of nitrogens with zero attached hydrogens (tertiary/aromatic N) is 1. The molecule has 0 aliphatic heterocycles. The van der Waals surface area contributed by atoms with Gasteiger partial charge in [-0.1, -0.05) is 38.1 Å². The van der Waals surface area contributed by atoms with Crippen LogP contribution in [0, 0.1) is 12.8 Å². The summed E-state index contributed by atoms with van der Waals surface area (Å²) < 4.78 is 0. The van der Waals surface area contributed by atoms with Crippen molar-refractivity contribution in [1.29, 1.82) is 0 Å². The molecular formula is C16H20N2OS. The average Bonchev–Trinajstić information content (AvgIpc) is 2.85. The van der Waals surface area contributed by atoms with Gasteiger partial charge >= 0.3 is 0 Å². The molecule has 1 aromatic carbocycles. The maximum Gasteiger partial charge on any atom is 0.223 e. The number of benzene rings is 1. The van der Waals surface area contributed by atoms with Crippen molar-refractivity contribution in [3.8, 4) is 10.4 Å². The smallest absolute Gasteiger partial charge is 0.223 e. The van der Waals surface area contributed by atoms with Crippen molar-refractivity contribution in [3.05, 3.63) is 41.0 Å². The molecule has 0 bridgehead atoms. The molecule has 106 valence electrons. The molecule has 1 aromatic heterocycles. The number of hydrogen-bond donors (Lipinski definition) is 1. The van der Waals surface area contributed by atoms with Crippen LogP contribution in [-0.4, -0.2) is 10.9 Å². The van der Waals surface area contributed by atoms with Gasteiger partial charge in [-0.15, -0.1) is 11.3 Å². The number of hydrogen-bond acceptors (Lipinski definition) is 3. The minimum atomic E-state index is 0.0107. The Morgan fingerprint density at radius 1 is 1.20 bits per heavy atom. The first-order chi connectivity index (χ1) is 9.49. The summed E-state index contributed by atoms with van der Waals surface area (Å²) in [5.74, 6) is 0.0939. The predicted molar refractivity (Wildman–Crippen MR) is 83.7 cm³/mol. The van der Waals surface area contributed by atoms with Crippen LogP contribution < -0.4 is 5.32 Å². The lowest BCUT2D eigenvalue weighted by Gasteiger charge is -2.16. The van der Waals surface area contributed by atoms with E-state index < -0.39 is 0 Å². The molecule has 0 saturated carbocycles. The van der Waals surface area contributed by atoms with Crippen LogP contribution in [-0.2, 0) is 4.79 Å². The van der Waals surface area contributed by atoms with E-state index in [-0.39, 0.29) is 17.9 Å². The number of carbonyl (C=O) groups is 1. The van der Waals surface area contributed by atoms with E-state index in [1.165, 1.54) is 10.4 Å². The summed E-state index contributed by atoms with van der Waals surface area (Å²) in [6, 6.07) is 8.35. The maximum atomic E-state index is 11.7. The van der Waals surface area contributed by atoms with Crippen molar-refractivity contribution in [2.45, 2.75) is 33.7 Å². The van der Waals surface area contributed by atoms with Crippen LogP contribution in [0.3, 0.4) is 0 Å². The van der Waals surface area contributed by atoms with Crippen LogP contribution >= 0.6 is 11.3 Å². The van der Waals surface area contributed by atoms with E-state index in [0.29, 0.717) is 0 Å². The molecule has 1 amide bonds. The summed E-state index contributed by atoms with van der Waals surface area (Å²) >= 11 is 1.65. The SMILES string of the molecule is Cc1ncsc1-c1ccc(C(C)NC(=O)C(C)C)cc1. The largest absolute Gasteiger partial charge is 0.349 e. The van der Waals surface area contributed by atoms with Gasteiger partial charge in [0.05, 0.1) is 22.1 Å². The van der Waals surface area contributed by atoms with E-state index >= 15 is 0 Å². The molecule has 1 unspecified atom stereocenters. The van der Waals surface area contributed by atoms with Crippen LogP contribution in [0.1, 0.15) is 38.1 Å². The van der Waals surface area contributed by atoms with E-state index in [1.807, 2.05) is 33.2 Å². The van der Waals surface area contributed by atoms with Gasteiger partial charge in [0, 0.05) is 5.92 Å². The molecule has 2 aromatic rings. The summed E-state index contributed by atoms with van der Waals surface area (Å²) in [5.41, 5.74) is 5.22. The highest BCUT2D eigenvalue weighted by Gasteiger charge is 2.12. The third-order valence-electron chi connectivity index (χ3n) is 3.30. The lowest BCUT2D eigenvalue weighted by Crippen LogP contribution is -2.30. The molecule has 0 saturated heterocycles. The molecule has 20 heavy (non-hydrogen) atoms. The molecule has 2 rings (SSSR count). The van der Waals surface area contributed by atoms with Gasteiger partial charge < -0.3 is 5.32 Å². The van der Waals surface area contributed by atoms with Crippen LogP contribution in [0.25, 0.3) is 10.4 Å². The topological polar surface area (TPSA) is 42.0 Å². The highest BCUT2D eigenvalue weighted by Crippen LogP contribution is 2.28. The van der Waals surface area contributed by atoms with E-state index in [4.69, 9.17) is 0 Å². The van der Waals surface area contributed by atoms with Gasteiger partial charge in [-0.3, -0.25) is 4.79 Å². The van der Waals surface area contributed by atoms with Gasteiger partial charge in [0.2, 0.25) is 5.91 Å². The van der Waals surface area contributed by atoms with Gasteiger partial charge in [0.1, 0.15) is 0 Å². The standard InChI is InChI=1S/C16H20N2OS/c1-10(2)16(19)18-11(3)13-5-7-14(8-6-13)15-12(4)17-9-20-15/h5-11H,1-4H3,(H,18,19). The fourth-order valence-corrected chi connectivity index (χ4v) is 2.78. The van der Waals surface area contributed by atoms with Crippen LogP contribution in [0.15, 0.2) is 29.8 Å². The zero-order valence-electron chi connectivity index (χ0n) is 12.3. The molecule has 1 atom stereocenters. The minimum Gasteiger partial charge on any atom is -0.349 e. The van der Waals surface area contributed by atoms with Gasteiger partial charge in [0.15, 0.2) is 0 Å². The predicted octanol–water partition coefficient (Wildman–Crippen LogP) is 3.95. The quantitative estimate of drug-likeness (QED) is 0.925. The Balaban J connectivity index is 2.12. The monoisotopic (exact) mass is 288 g/mol. The zero-order valence-corrected chi connectivity index (χ0v) is 13.1. The van der Waals surface area contributed by atoms with E-state index in [2.05, 4.69) is 34.6 Å². The number of aromatic nitrogens is 1. The summed E-state index contributed by atoms with van der Waals surface area (Å²) in [6.07, 6.45) is 0. The van der Waals surface area contributed by atoms with Gasteiger partial charge in [-0.25, -0.2) is 4.98 Å². The number of rotatable bonds is 4.